The van der Waals surface area contributed by atoms with Gasteiger partial charge < -0.3 is 9.84 Å². The number of ether oxygens (including phenoxy) is 1. The number of rotatable bonds is 5. The first-order valence-electron chi connectivity index (χ1n) is 6.66. The topological polar surface area (TPSA) is 63.6 Å². The molecule has 0 amide bonds. The van der Waals surface area contributed by atoms with Crippen LogP contribution in [-0.2, 0) is 16.3 Å². The fourth-order valence-corrected chi connectivity index (χ4v) is 2.97. The van der Waals surface area contributed by atoms with Gasteiger partial charge in [-0.25, -0.2) is 8.42 Å². The lowest BCUT2D eigenvalue weighted by molar-refractivity contribution is 0.155. The van der Waals surface area contributed by atoms with Crippen LogP contribution in [0, 0.1) is 0 Å². The molecule has 1 N–H and O–H groups in total. The summed E-state index contributed by atoms with van der Waals surface area (Å²) in [7, 11) is -3.00. The van der Waals surface area contributed by atoms with Crippen molar-refractivity contribution in [3.63, 3.8) is 0 Å². The zero-order chi connectivity index (χ0) is 13.9. The fraction of sp³-hybridized carbons (Fsp3) is 0.571. The van der Waals surface area contributed by atoms with Crippen LogP contribution in [0.3, 0.4) is 0 Å². The van der Waals surface area contributed by atoms with Gasteiger partial charge in [-0.3, -0.25) is 0 Å². The van der Waals surface area contributed by atoms with Gasteiger partial charge in [-0.15, -0.1) is 0 Å². The van der Waals surface area contributed by atoms with E-state index in [9.17, 15) is 13.5 Å². The minimum absolute atomic E-state index is 0.0374. The van der Waals surface area contributed by atoms with Gasteiger partial charge in [0.15, 0.2) is 9.84 Å². The molecular formula is C14H20O4S. The SMILES string of the molecule is CCS(=O)(=O)CCOc1cccc2c1CCCC2O. The summed E-state index contributed by atoms with van der Waals surface area (Å²) in [4.78, 5) is 0. The number of hydrogen-bond donors (Lipinski definition) is 1. The molecule has 0 spiro atoms. The maximum Gasteiger partial charge on any atom is 0.153 e. The molecule has 0 fully saturated rings. The average molecular weight is 284 g/mol. The molecule has 1 aromatic carbocycles. The van der Waals surface area contributed by atoms with Crippen LogP contribution in [0.4, 0.5) is 0 Å². The molecular weight excluding hydrogens is 264 g/mol. The molecule has 0 saturated heterocycles. The van der Waals surface area contributed by atoms with Gasteiger partial charge in [0.2, 0.25) is 0 Å². The van der Waals surface area contributed by atoms with E-state index in [2.05, 4.69) is 0 Å². The Bertz CT molecular complexity index is 536. The van der Waals surface area contributed by atoms with Crippen LogP contribution in [0.2, 0.25) is 0 Å². The second kappa shape index (κ2) is 5.92. The number of aliphatic hydroxyl groups is 1. The molecule has 106 valence electrons. The Morgan fingerprint density at radius 1 is 1.42 bits per heavy atom. The minimum atomic E-state index is -3.00. The van der Waals surface area contributed by atoms with Gasteiger partial charge in [0.1, 0.15) is 12.4 Å². The molecule has 4 nitrogen and oxygen atoms in total. The maximum absolute atomic E-state index is 11.4. The smallest absolute Gasteiger partial charge is 0.153 e. The monoisotopic (exact) mass is 284 g/mol. The first-order valence-corrected chi connectivity index (χ1v) is 8.48. The lowest BCUT2D eigenvalue weighted by Crippen LogP contribution is -2.17. The van der Waals surface area contributed by atoms with Crippen molar-refractivity contribution in [3.8, 4) is 5.75 Å². The van der Waals surface area contributed by atoms with Crippen LogP contribution in [-0.4, -0.2) is 31.6 Å². The van der Waals surface area contributed by atoms with Crippen molar-refractivity contribution in [2.24, 2.45) is 0 Å². The second-order valence-electron chi connectivity index (χ2n) is 4.82. The molecule has 1 unspecified atom stereocenters. The lowest BCUT2D eigenvalue weighted by atomic mass is 9.89. The Morgan fingerprint density at radius 2 is 2.21 bits per heavy atom. The summed E-state index contributed by atoms with van der Waals surface area (Å²) in [6.45, 7) is 1.80. The summed E-state index contributed by atoms with van der Waals surface area (Å²) in [5.41, 5.74) is 1.94. The van der Waals surface area contributed by atoms with Gasteiger partial charge in [-0.05, 0) is 36.5 Å². The maximum atomic E-state index is 11.4. The summed E-state index contributed by atoms with van der Waals surface area (Å²) in [6, 6.07) is 5.60. The van der Waals surface area contributed by atoms with E-state index in [0.29, 0.717) is 5.75 Å². The molecule has 0 aliphatic heterocycles. The first-order chi connectivity index (χ1) is 9.03. The second-order valence-corrected chi connectivity index (χ2v) is 7.29. The number of hydrogen-bond acceptors (Lipinski definition) is 4. The Labute approximate surface area is 114 Å². The minimum Gasteiger partial charge on any atom is -0.492 e. The highest BCUT2D eigenvalue weighted by atomic mass is 32.2. The molecule has 0 heterocycles. The van der Waals surface area contributed by atoms with Gasteiger partial charge in [0.25, 0.3) is 0 Å². The van der Waals surface area contributed by atoms with Gasteiger partial charge in [0, 0.05) is 5.75 Å². The molecule has 0 saturated carbocycles. The Hall–Kier alpha value is -1.07. The van der Waals surface area contributed by atoms with E-state index in [1.54, 1.807) is 6.92 Å². The van der Waals surface area contributed by atoms with Crippen molar-refractivity contribution in [3.05, 3.63) is 29.3 Å². The van der Waals surface area contributed by atoms with E-state index in [0.717, 1.165) is 30.4 Å². The summed E-state index contributed by atoms with van der Waals surface area (Å²) < 4.78 is 28.4. The highest BCUT2D eigenvalue weighted by Gasteiger charge is 2.21. The van der Waals surface area contributed by atoms with E-state index in [-0.39, 0.29) is 18.1 Å². The number of benzene rings is 1. The van der Waals surface area contributed by atoms with Crippen LogP contribution >= 0.6 is 0 Å². The van der Waals surface area contributed by atoms with Crippen LogP contribution in [0.15, 0.2) is 18.2 Å². The predicted molar refractivity (Wildman–Crippen MR) is 74.2 cm³/mol. The van der Waals surface area contributed by atoms with Gasteiger partial charge in [-0.1, -0.05) is 19.1 Å². The molecule has 0 radical (unpaired) electrons. The van der Waals surface area contributed by atoms with Crippen LogP contribution in [0.1, 0.15) is 37.0 Å². The number of aliphatic hydroxyl groups excluding tert-OH is 1. The Balaban J connectivity index is 2.07. The Morgan fingerprint density at radius 3 is 2.95 bits per heavy atom. The first kappa shape index (κ1) is 14.3. The fourth-order valence-electron chi connectivity index (χ4n) is 2.35. The standard InChI is InChI=1S/C14H20O4S/c1-2-19(16,17)10-9-18-14-8-4-5-11-12(14)6-3-7-13(11)15/h4-5,8,13,15H,2-3,6-7,9-10H2,1H3. The van der Waals surface area contributed by atoms with Crippen molar-refractivity contribution in [2.45, 2.75) is 32.3 Å². The molecule has 2 rings (SSSR count). The van der Waals surface area contributed by atoms with Crippen molar-refractivity contribution in [1.82, 2.24) is 0 Å². The van der Waals surface area contributed by atoms with Gasteiger partial charge >= 0.3 is 0 Å². The zero-order valence-electron chi connectivity index (χ0n) is 11.1. The highest BCUT2D eigenvalue weighted by molar-refractivity contribution is 7.91. The highest BCUT2D eigenvalue weighted by Crippen LogP contribution is 2.35. The third kappa shape index (κ3) is 3.48. The number of fused-ring (bicyclic) bond motifs is 1. The molecule has 19 heavy (non-hydrogen) atoms. The normalized spacial score (nSPS) is 18.9. The largest absolute Gasteiger partial charge is 0.492 e. The van der Waals surface area contributed by atoms with Gasteiger partial charge in [0.05, 0.1) is 11.9 Å². The lowest BCUT2D eigenvalue weighted by Gasteiger charge is -2.23. The van der Waals surface area contributed by atoms with Gasteiger partial charge in [-0.2, -0.15) is 0 Å². The third-order valence-corrected chi connectivity index (χ3v) is 5.19. The summed E-state index contributed by atoms with van der Waals surface area (Å²) in [6.07, 6.45) is 2.16. The summed E-state index contributed by atoms with van der Waals surface area (Å²) in [5, 5.41) is 9.93. The zero-order valence-corrected chi connectivity index (χ0v) is 11.9. The summed E-state index contributed by atoms with van der Waals surface area (Å²) >= 11 is 0. The number of sulfone groups is 1. The van der Waals surface area contributed by atoms with Crippen LogP contribution in [0.25, 0.3) is 0 Å². The Kier molecular flexibility index (Phi) is 4.47. The van der Waals surface area contributed by atoms with E-state index >= 15 is 0 Å². The van der Waals surface area contributed by atoms with E-state index in [4.69, 9.17) is 4.74 Å². The van der Waals surface area contributed by atoms with Crippen LogP contribution < -0.4 is 4.74 Å². The van der Waals surface area contributed by atoms with E-state index in [1.165, 1.54) is 0 Å². The molecule has 1 atom stereocenters. The molecule has 1 aromatic rings. The van der Waals surface area contributed by atoms with Crippen molar-refractivity contribution < 1.29 is 18.3 Å². The average Bonchev–Trinajstić information content (AvgIpc) is 2.40. The summed E-state index contributed by atoms with van der Waals surface area (Å²) in [5.74, 6) is 0.889. The quantitative estimate of drug-likeness (QED) is 0.896. The molecule has 0 bridgehead atoms. The van der Waals surface area contributed by atoms with Crippen molar-refractivity contribution >= 4 is 9.84 Å². The van der Waals surface area contributed by atoms with E-state index in [1.807, 2.05) is 18.2 Å². The third-order valence-electron chi connectivity index (χ3n) is 3.52. The molecule has 0 aromatic heterocycles. The molecule has 1 aliphatic carbocycles. The van der Waals surface area contributed by atoms with Crippen molar-refractivity contribution in [1.29, 1.82) is 0 Å². The van der Waals surface area contributed by atoms with Crippen molar-refractivity contribution in [2.75, 3.05) is 18.1 Å². The molecule has 1 aliphatic rings. The van der Waals surface area contributed by atoms with E-state index < -0.39 is 15.9 Å². The molecule has 5 heteroatoms. The predicted octanol–water partition coefficient (Wildman–Crippen LogP) is 1.87. The van der Waals surface area contributed by atoms with Crippen LogP contribution in [0.5, 0.6) is 5.75 Å².